The number of rotatable bonds is 5. The maximum absolute atomic E-state index is 11.6. The number of methoxy groups -OCH3 is 1. The molecule has 3 rings (SSSR count). The number of hydrogen-bond acceptors (Lipinski definition) is 5. The van der Waals surface area contributed by atoms with Crippen molar-refractivity contribution >= 4 is 67.8 Å². The van der Waals surface area contributed by atoms with Crippen LogP contribution in [0.4, 0.5) is 0 Å². The zero-order valence-electron chi connectivity index (χ0n) is 17.6. The number of halogens is 1. The van der Waals surface area contributed by atoms with Crippen LogP contribution < -0.4 is 0 Å². The molecule has 0 radical (unpaired) electrons. The Morgan fingerprint density at radius 3 is 2.27 bits per heavy atom. The molecule has 0 saturated heterocycles. The molecule has 0 N–H and O–H groups in total. The van der Waals surface area contributed by atoms with E-state index in [2.05, 4.69) is 46.7 Å². The normalized spacial score (nSPS) is 9.53. The monoisotopic (exact) mass is 503 g/mol. The topological polar surface area (TPSA) is 39.2 Å². The van der Waals surface area contributed by atoms with Crippen LogP contribution in [0.25, 0.3) is 21.5 Å². The lowest BCUT2D eigenvalue weighted by atomic mass is 10.1. The number of carbonyl (C=O) groups is 1. The van der Waals surface area contributed by atoms with Gasteiger partial charge in [-0.1, -0.05) is 72.9 Å². The number of carbonyl (C=O) groups excluding carboxylic acids is 1. The molecule has 0 saturated carbocycles. The Bertz CT molecular complexity index is 1020. The minimum Gasteiger partial charge on any atom is -0.465 e. The van der Waals surface area contributed by atoms with Crippen molar-refractivity contribution in [1.82, 2.24) is 4.98 Å². The first kappa shape index (κ1) is 26.0. The molecule has 2 aromatic carbocycles. The molecule has 0 atom stereocenters. The summed E-state index contributed by atoms with van der Waals surface area (Å²) < 4.78 is 5.50. The maximum atomic E-state index is 11.6. The molecular formula is C24H26BrNO2S2. The van der Waals surface area contributed by atoms with E-state index in [-0.39, 0.29) is 5.97 Å². The number of hydrogen-bond donors (Lipinski definition) is 1. The summed E-state index contributed by atoms with van der Waals surface area (Å²) in [4.78, 5) is 18.3. The Kier molecular flexibility index (Phi) is 11.5. The summed E-state index contributed by atoms with van der Waals surface area (Å²) in [7, 11) is 1.37. The van der Waals surface area contributed by atoms with E-state index in [0.29, 0.717) is 5.56 Å². The zero-order chi connectivity index (χ0) is 22.7. The number of para-hydroxylation sites is 1. The Balaban J connectivity index is 0.00000106. The third-order valence-corrected chi connectivity index (χ3v) is 5.37. The first-order valence-electron chi connectivity index (χ1n) is 9.26. The number of esters is 1. The quantitative estimate of drug-likeness (QED) is 0.285. The molecule has 3 aromatic rings. The van der Waals surface area contributed by atoms with Crippen LogP contribution in [0.1, 0.15) is 35.5 Å². The van der Waals surface area contributed by atoms with Gasteiger partial charge in [0.25, 0.3) is 0 Å². The van der Waals surface area contributed by atoms with Gasteiger partial charge in [0.1, 0.15) is 0 Å². The highest BCUT2D eigenvalue weighted by atomic mass is 79.9. The van der Waals surface area contributed by atoms with Crippen LogP contribution in [0.15, 0.2) is 71.5 Å². The molecule has 158 valence electrons. The second-order valence-corrected chi connectivity index (χ2v) is 7.49. The number of fused-ring (bicyclic) bond motifs is 1. The van der Waals surface area contributed by atoms with E-state index in [1.807, 2.05) is 50.2 Å². The minimum absolute atomic E-state index is 0.348. The predicted octanol–water partition coefficient (Wildman–Crippen LogP) is 7.75. The lowest BCUT2D eigenvalue weighted by Gasteiger charge is -2.15. The van der Waals surface area contributed by atoms with Crippen molar-refractivity contribution in [2.24, 2.45) is 0 Å². The fourth-order valence-electron chi connectivity index (χ4n) is 2.61. The first-order chi connectivity index (χ1) is 14.5. The van der Waals surface area contributed by atoms with E-state index >= 15 is 0 Å². The highest BCUT2D eigenvalue weighted by Crippen LogP contribution is 2.41. The fraction of sp³-hybridized carbons (Fsp3) is 0.167. The van der Waals surface area contributed by atoms with Crippen molar-refractivity contribution in [1.29, 1.82) is 0 Å². The Morgan fingerprint density at radius 2 is 1.73 bits per heavy atom. The molecule has 0 unspecified atom stereocenters. The van der Waals surface area contributed by atoms with Gasteiger partial charge in [0.2, 0.25) is 0 Å². The summed E-state index contributed by atoms with van der Waals surface area (Å²) in [6, 6.07) is 15.3. The van der Waals surface area contributed by atoms with Crippen molar-refractivity contribution in [3.63, 3.8) is 0 Å². The van der Waals surface area contributed by atoms with Crippen molar-refractivity contribution in [2.75, 3.05) is 13.4 Å². The third kappa shape index (κ3) is 6.24. The SMILES string of the molecule is C=Cc1nc2ccccc2c(Sc2ccc(C(=O)OC)cc2)c1C(=C)Br.CC.CS. The highest BCUT2D eigenvalue weighted by molar-refractivity contribution is 9.15. The van der Waals surface area contributed by atoms with Crippen molar-refractivity contribution in [2.45, 2.75) is 23.6 Å². The van der Waals surface area contributed by atoms with E-state index in [9.17, 15) is 4.79 Å². The van der Waals surface area contributed by atoms with Gasteiger partial charge in [0.15, 0.2) is 0 Å². The second-order valence-electron chi connectivity index (χ2n) is 5.45. The highest BCUT2D eigenvalue weighted by Gasteiger charge is 2.16. The van der Waals surface area contributed by atoms with E-state index in [1.165, 1.54) is 7.11 Å². The number of pyridine rings is 1. The molecule has 1 heterocycles. The van der Waals surface area contributed by atoms with Crippen LogP contribution in [0.3, 0.4) is 0 Å². The summed E-state index contributed by atoms with van der Waals surface area (Å²) in [6.45, 7) is 11.9. The average Bonchev–Trinajstić information content (AvgIpc) is 2.81. The smallest absolute Gasteiger partial charge is 0.337 e. The average molecular weight is 505 g/mol. The molecule has 30 heavy (non-hydrogen) atoms. The number of thiol groups is 1. The number of ether oxygens (including phenoxy) is 1. The molecule has 0 spiro atoms. The molecule has 0 fully saturated rings. The van der Waals surface area contributed by atoms with E-state index in [0.717, 1.165) is 36.4 Å². The molecule has 6 heteroatoms. The molecule has 3 nitrogen and oxygen atoms in total. The van der Waals surface area contributed by atoms with Gasteiger partial charge in [-0.05, 0) is 42.7 Å². The van der Waals surface area contributed by atoms with Gasteiger partial charge in [-0.25, -0.2) is 9.78 Å². The van der Waals surface area contributed by atoms with Crippen molar-refractivity contribution in [3.05, 3.63) is 78.5 Å². The Labute approximate surface area is 197 Å². The zero-order valence-corrected chi connectivity index (χ0v) is 20.9. The van der Waals surface area contributed by atoms with Crippen LogP contribution in [0, 0.1) is 0 Å². The maximum Gasteiger partial charge on any atom is 0.337 e. The molecule has 0 bridgehead atoms. The van der Waals surface area contributed by atoms with Crippen molar-refractivity contribution in [3.8, 4) is 0 Å². The largest absolute Gasteiger partial charge is 0.465 e. The third-order valence-electron chi connectivity index (χ3n) is 3.83. The molecule has 0 aliphatic heterocycles. The van der Waals surface area contributed by atoms with Crippen molar-refractivity contribution < 1.29 is 9.53 Å². The summed E-state index contributed by atoms with van der Waals surface area (Å²) >= 11 is 8.63. The van der Waals surface area contributed by atoms with Gasteiger partial charge >= 0.3 is 5.97 Å². The summed E-state index contributed by atoms with van der Waals surface area (Å²) in [5, 5.41) is 1.04. The van der Waals surface area contributed by atoms with Gasteiger partial charge in [-0.3, -0.25) is 0 Å². The lowest BCUT2D eigenvalue weighted by molar-refractivity contribution is 0.0600. The Morgan fingerprint density at radius 1 is 1.13 bits per heavy atom. The number of aromatic nitrogens is 1. The molecule has 1 aromatic heterocycles. The Hall–Kier alpha value is -2.02. The molecule has 0 aliphatic rings. The molecular weight excluding hydrogens is 478 g/mol. The number of benzene rings is 2. The van der Waals surface area contributed by atoms with Gasteiger partial charge < -0.3 is 4.74 Å². The number of nitrogens with zero attached hydrogens (tertiary/aromatic N) is 1. The van der Waals surface area contributed by atoms with E-state index in [4.69, 9.17) is 4.74 Å². The fourth-order valence-corrected chi connectivity index (χ4v) is 4.26. The van der Waals surface area contributed by atoms with E-state index in [1.54, 1.807) is 36.2 Å². The van der Waals surface area contributed by atoms with Crippen LogP contribution >= 0.6 is 40.3 Å². The van der Waals surface area contributed by atoms with Crippen LogP contribution in [-0.4, -0.2) is 24.3 Å². The van der Waals surface area contributed by atoms with Gasteiger partial charge in [0, 0.05) is 25.2 Å². The summed E-state index contributed by atoms with van der Waals surface area (Å²) in [6.07, 6.45) is 3.43. The van der Waals surface area contributed by atoms with Crippen LogP contribution in [0.2, 0.25) is 0 Å². The predicted molar refractivity (Wildman–Crippen MR) is 138 cm³/mol. The van der Waals surface area contributed by atoms with E-state index < -0.39 is 0 Å². The molecule has 0 amide bonds. The summed E-state index contributed by atoms with van der Waals surface area (Å²) in [5.41, 5.74) is 3.11. The van der Waals surface area contributed by atoms with Gasteiger partial charge in [-0.15, -0.1) is 0 Å². The summed E-state index contributed by atoms with van der Waals surface area (Å²) in [5.74, 6) is -0.348. The first-order valence-corrected chi connectivity index (χ1v) is 11.8. The van der Waals surface area contributed by atoms with Crippen LogP contribution in [0.5, 0.6) is 0 Å². The van der Waals surface area contributed by atoms with Crippen LogP contribution in [-0.2, 0) is 4.74 Å². The van der Waals surface area contributed by atoms with Gasteiger partial charge in [0.05, 0.1) is 23.9 Å². The second kappa shape index (κ2) is 13.3. The van der Waals surface area contributed by atoms with Gasteiger partial charge in [-0.2, -0.15) is 12.6 Å². The lowest BCUT2D eigenvalue weighted by Crippen LogP contribution is -2.00. The standard InChI is InChI=1S/C21H16BrNO2S.C2H6.CH4S/c1-4-17-19(13(2)22)20(16-7-5-6-8-18(16)23-17)26-15-11-9-14(10-12-15)21(24)25-3;2*1-2/h4-12H,1-2H2,3H3;1-2H3;2H,1H3. The minimum atomic E-state index is -0.348. The molecule has 0 aliphatic carbocycles.